The molecule has 0 saturated carbocycles. The molecule has 4 heteroatoms. The largest absolute Gasteiger partial charge is 0.309 e. The van der Waals surface area contributed by atoms with E-state index in [2.05, 4.69) is 133 Å². The summed E-state index contributed by atoms with van der Waals surface area (Å²) in [7, 11) is -3.11. The van der Waals surface area contributed by atoms with Crippen molar-refractivity contribution in [2.45, 2.75) is 0 Å². The van der Waals surface area contributed by atoms with Gasteiger partial charge in [0.05, 0.1) is 16.7 Å². The van der Waals surface area contributed by atoms with Crippen molar-refractivity contribution >= 4 is 77.2 Å². The Morgan fingerprint density at radius 3 is 1.48 bits per heavy atom. The highest BCUT2D eigenvalue weighted by Crippen LogP contribution is 2.47. The van der Waals surface area contributed by atoms with E-state index in [0.717, 1.165) is 98.0 Å². The molecule has 0 bridgehead atoms. The Balaban J connectivity index is 1.13. The predicted octanol–water partition coefficient (Wildman–Crippen LogP) is 12.9. The van der Waals surface area contributed by atoms with Gasteiger partial charge in [0.2, 0.25) is 0 Å². The molecule has 0 aliphatic heterocycles. The Bertz CT molecular complexity index is 3300. The van der Waals surface area contributed by atoms with Crippen molar-refractivity contribution in [3.05, 3.63) is 212 Å². The summed E-state index contributed by atoms with van der Waals surface area (Å²) in [5, 5.41) is 11.5. The topological polar surface area (TPSA) is 42.9 Å². The van der Waals surface area contributed by atoms with E-state index in [1.807, 2.05) is 79.0 Å². The van der Waals surface area contributed by atoms with Crippen LogP contribution in [-0.4, -0.2) is 9.97 Å². The highest BCUT2D eigenvalue weighted by Gasteiger charge is 2.29. The van der Waals surface area contributed by atoms with Crippen LogP contribution in [0.4, 0.5) is 0 Å². The van der Waals surface area contributed by atoms with E-state index < -0.39 is 7.14 Å². The Hall–Kier alpha value is -7.19. The van der Waals surface area contributed by atoms with Crippen LogP contribution in [0.3, 0.4) is 0 Å². The summed E-state index contributed by atoms with van der Waals surface area (Å²) in [5.74, 6) is 0. The van der Waals surface area contributed by atoms with Gasteiger partial charge in [-0.05, 0) is 55.9 Å². The highest BCUT2D eigenvalue weighted by molar-refractivity contribution is 7.85. The van der Waals surface area contributed by atoms with Crippen LogP contribution in [0.2, 0.25) is 0 Å². The summed E-state index contributed by atoms with van der Waals surface area (Å²) in [4.78, 5) is 10.3. The SMILES string of the molecule is O=P(c1ccccc1)(c1ccccc1)c1ccc(-c2c3ccccc3c(-c3ccc4c(c3)nc(-c3ccccc3)c3ccc5cccnc5c34)c3ccccc23)cc1. The zero-order valence-corrected chi connectivity index (χ0v) is 32.4. The second-order valence-electron chi connectivity index (χ2n) is 14.8. The molecular weight excluding hydrogens is 724 g/mol. The molecule has 0 unspecified atom stereocenters. The number of benzene rings is 9. The summed E-state index contributed by atoms with van der Waals surface area (Å²) in [5.41, 5.74) is 8.44. The molecule has 272 valence electrons. The highest BCUT2D eigenvalue weighted by atomic mass is 31.2. The maximum atomic E-state index is 15.2. The van der Waals surface area contributed by atoms with Crippen LogP contribution < -0.4 is 15.9 Å². The molecular formula is C54H35N2OP. The summed E-state index contributed by atoms with van der Waals surface area (Å²) in [6.45, 7) is 0. The van der Waals surface area contributed by atoms with Gasteiger partial charge in [-0.2, -0.15) is 0 Å². The van der Waals surface area contributed by atoms with Gasteiger partial charge in [-0.3, -0.25) is 4.98 Å². The third-order valence-electron chi connectivity index (χ3n) is 11.6. The number of hydrogen-bond acceptors (Lipinski definition) is 3. The first-order valence-electron chi connectivity index (χ1n) is 19.6. The first kappa shape index (κ1) is 34.1. The molecule has 2 aromatic heterocycles. The summed E-state index contributed by atoms with van der Waals surface area (Å²) >= 11 is 0. The Morgan fingerprint density at radius 1 is 0.379 bits per heavy atom. The van der Waals surface area contributed by atoms with E-state index >= 15 is 4.57 Å². The average molecular weight is 759 g/mol. The van der Waals surface area contributed by atoms with Gasteiger partial charge in [-0.1, -0.05) is 194 Å². The molecule has 9 aromatic carbocycles. The molecule has 11 aromatic rings. The lowest BCUT2D eigenvalue weighted by Crippen LogP contribution is -2.24. The van der Waals surface area contributed by atoms with Crippen LogP contribution in [0.1, 0.15) is 0 Å². The predicted molar refractivity (Wildman–Crippen MR) is 245 cm³/mol. The Kier molecular flexibility index (Phi) is 8.10. The molecule has 0 N–H and O–H groups in total. The fraction of sp³-hybridized carbons (Fsp3) is 0. The van der Waals surface area contributed by atoms with Crippen molar-refractivity contribution in [2.75, 3.05) is 0 Å². The monoisotopic (exact) mass is 758 g/mol. The zero-order chi connectivity index (χ0) is 38.6. The molecule has 0 amide bonds. The standard InChI is InChI=1S/C54H35N2OP/c57-58(40-18-6-2-7-19-40,41-20-8-3-9-21-41)42-30-26-36(27-31-42)50-43-22-10-12-24-45(43)51(46-25-13-11-23-44(46)50)39-29-32-47-49(35-39)56-53(37-15-4-1-5-16-37)48-33-28-38-17-14-34-55-54(38)52(47)48/h1-35H. The van der Waals surface area contributed by atoms with E-state index in [4.69, 9.17) is 9.97 Å². The number of aromatic nitrogens is 2. The average Bonchev–Trinajstić information content (AvgIpc) is 3.30. The minimum atomic E-state index is -3.11. The number of fused-ring (bicyclic) bond motifs is 7. The molecule has 0 spiro atoms. The third-order valence-corrected chi connectivity index (χ3v) is 14.6. The van der Waals surface area contributed by atoms with Gasteiger partial charge in [0.25, 0.3) is 0 Å². The fourth-order valence-electron chi connectivity index (χ4n) is 8.91. The van der Waals surface area contributed by atoms with Crippen LogP contribution >= 0.6 is 7.14 Å². The third kappa shape index (κ3) is 5.39. The van der Waals surface area contributed by atoms with Crippen LogP contribution in [-0.2, 0) is 4.57 Å². The van der Waals surface area contributed by atoms with Crippen molar-refractivity contribution < 1.29 is 4.57 Å². The van der Waals surface area contributed by atoms with Crippen molar-refractivity contribution in [2.24, 2.45) is 0 Å². The van der Waals surface area contributed by atoms with Gasteiger partial charge >= 0.3 is 0 Å². The quantitative estimate of drug-likeness (QED) is 0.0963. The lowest BCUT2D eigenvalue weighted by atomic mass is 9.85. The molecule has 0 fully saturated rings. The molecule has 58 heavy (non-hydrogen) atoms. The van der Waals surface area contributed by atoms with Crippen molar-refractivity contribution in [1.29, 1.82) is 0 Å². The van der Waals surface area contributed by atoms with Gasteiger partial charge in [0, 0.05) is 49.2 Å². The summed E-state index contributed by atoms with van der Waals surface area (Å²) < 4.78 is 15.2. The zero-order valence-electron chi connectivity index (χ0n) is 31.5. The summed E-state index contributed by atoms with van der Waals surface area (Å²) in [6.07, 6.45) is 1.88. The molecule has 0 atom stereocenters. The lowest BCUT2D eigenvalue weighted by Gasteiger charge is -2.21. The molecule has 0 radical (unpaired) electrons. The summed E-state index contributed by atoms with van der Waals surface area (Å²) in [6, 6.07) is 71.2. The second kappa shape index (κ2) is 13.8. The molecule has 11 rings (SSSR count). The van der Waals surface area contributed by atoms with Crippen LogP contribution in [0.5, 0.6) is 0 Å². The van der Waals surface area contributed by atoms with Gasteiger partial charge in [-0.25, -0.2) is 4.98 Å². The van der Waals surface area contributed by atoms with Gasteiger partial charge in [-0.15, -0.1) is 0 Å². The van der Waals surface area contributed by atoms with Crippen LogP contribution in [0.25, 0.3) is 87.6 Å². The molecule has 0 aliphatic rings. The smallest absolute Gasteiger partial charge is 0.171 e. The Morgan fingerprint density at radius 2 is 0.879 bits per heavy atom. The first-order chi connectivity index (χ1) is 28.7. The number of hydrogen-bond donors (Lipinski definition) is 0. The number of pyridine rings is 2. The maximum absolute atomic E-state index is 15.2. The van der Waals surface area contributed by atoms with E-state index in [-0.39, 0.29) is 0 Å². The molecule has 3 nitrogen and oxygen atoms in total. The van der Waals surface area contributed by atoms with Gasteiger partial charge in [0.15, 0.2) is 7.14 Å². The van der Waals surface area contributed by atoms with E-state index in [9.17, 15) is 0 Å². The normalized spacial score (nSPS) is 11.9. The second-order valence-corrected chi connectivity index (χ2v) is 17.6. The van der Waals surface area contributed by atoms with Crippen molar-refractivity contribution in [1.82, 2.24) is 9.97 Å². The maximum Gasteiger partial charge on any atom is 0.171 e. The van der Waals surface area contributed by atoms with Crippen molar-refractivity contribution in [3.8, 4) is 33.5 Å². The van der Waals surface area contributed by atoms with Crippen LogP contribution in [0, 0.1) is 0 Å². The fourth-order valence-corrected chi connectivity index (χ4v) is 11.6. The van der Waals surface area contributed by atoms with E-state index in [1.54, 1.807) is 0 Å². The molecule has 0 saturated heterocycles. The van der Waals surface area contributed by atoms with E-state index in [0.29, 0.717) is 0 Å². The number of rotatable bonds is 6. The lowest BCUT2D eigenvalue weighted by molar-refractivity contribution is 0.592. The number of nitrogens with zero attached hydrogens (tertiary/aromatic N) is 2. The minimum Gasteiger partial charge on any atom is -0.309 e. The van der Waals surface area contributed by atoms with Gasteiger partial charge in [0.1, 0.15) is 0 Å². The van der Waals surface area contributed by atoms with Gasteiger partial charge < -0.3 is 4.57 Å². The minimum absolute atomic E-state index is 0.813. The first-order valence-corrected chi connectivity index (χ1v) is 21.3. The van der Waals surface area contributed by atoms with E-state index in [1.165, 1.54) is 5.56 Å². The Labute approximate surface area is 336 Å². The molecule has 2 heterocycles. The van der Waals surface area contributed by atoms with Crippen LogP contribution in [0.15, 0.2) is 212 Å². The van der Waals surface area contributed by atoms with Crippen molar-refractivity contribution in [3.63, 3.8) is 0 Å². The molecule has 0 aliphatic carbocycles.